The van der Waals surface area contributed by atoms with Crippen LogP contribution in [0.25, 0.3) is 10.2 Å². The molecule has 0 radical (unpaired) electrons. The highest BCUT2D eigenvalue weighted by atomic mass is 32.1. The van der Waals surface area contributed by atoms with Crippen molar-refractivity contribution < 1.29 is 0 Å². The van der Waals surface area contributed by atoms with Crippen LogP contribution in [0.2, 0.25) is 0 Å². The van der Waals surface area contributed by atoms with Gasteiger partial charge in [0.2, 0.25) is 0 Å². The van der Waals surface area contributed by atoms with Crippen molar-refractivity contribution in [1.82, 2.24) is 15.3 Å². The van der Waals surface area contributed by atoms with Gasteiger partial charge in [-0.2, -0.15) is 0 Å². The highest BCUT2D eigenvalue weighted by Crippen LogP contribution is 2.34. The van der Waals surface area contributed by atoms with Crippen LogP contribution < -0.4 is 10.2 Å². The first-order valence-electron chi connectivity index (χ1n) is 8.06. The lowest BCUT2D eigenvalue weighted by molar-refractivity contribution is 0.346. The molecule has 0 aliphatic carbocycles. The average molecular weight is 302 g/mol. The minimum absolute atomic E-state index is 0.627. The molecule has 0 aromatic carbocycles. The molecule has 0 saturated carbocycles. The molecule has 2 unspecified atom stereocenters. The molecule has 0 amide bonds. The highest BCUT2D eigenvalue weighted by Gasteiger charge is 2.36. The van der Waals surface area contributed by atoms with Crippen molar-refractivity contribution in [3.8, 4) is 0 Å². The molecule has 112 valence electrons. The third kappa shape index (κ3) is 2.42. The molecule has 2 fully saturated rings. The SMILES string of the molecule is CCCN(c1ncnc2sccc12)C1CC2CCC(C1)N2. The standard InChI is InChI=1S/C16H22N4S/c1-2-6-20(13-8-11-3-4-12(9-13)19-11)15-14-5-7-21-16(14)18-10-17-15/h5,7,10-13,19H,2-4,6,8-9H2,1H3. The topological polar surface area (TPSA) is 41.1 Å². The van der Waals surface area contributed by atoms with Crippen LogP contribution in [0, 0.1) is 0 Å². The molecule has 4 nitrogen and oxygen atoms in total. The van der Waals surface area contributed by atoms with Crippen molar-refractivity contribution in [3.05, 3.63) is 17.8 Å². The van der Waals surface area contributed by atoms with Crippen molar-refractivity contribution in [3.63, 3.8) is 0 Å². The first-order chi connectivity index (χ1) is 10.3. The van der Waals surface area contributed by atoms with E-state index in [1.54, 1.807) is 17.7 Å². The van der Waals surface area contributed by atoms with Crippen LogP contribution in [0.5, 0.6) is 0 Å². The number of nitrogens with one attached hydrogen (secondary N) is 1. The number of aromatic nitrogens is 2. The van der Waals surface area contributed by atoms with Crippen LogP contribution in [0.4, 0.5) is 5.82 Å². The first kappa shape index (κ1) is 13.5. The van der Waals surface area contributed by atoms with E-state index in [0.717, 1.165) is 23.6 Å². The van der Waals surface area contributed by atoms with E-state index in [1.807, 2.05) is 0 Å². The number of hydrogen-bond acceptors (Lipinski definition) is 5. The molecule has 21 heavy (non-hydrogen) atoms. The van der Waals surface area contributed by atoms with E-state index in [0.29, 0.717) is 18.1 Å². The van der Waals surface area contributed by atoms with E-state index in [9.17, 15) is 0 Å². The van der Waals surface area contributed by atoms with Crippen molar-refractivity contribution in [2.45, 2.75) is 57.2 Å². The minimum Gasteiger partial charge on any atom is -0.353 e. The van der Waals surface area contributed by atoms with E-state index < -0.39 is 0 Å². The Morgan fingerprint density at radius 1 is 1.29 bits per heavy atom. The fraction of sp³-hybridized carbons (Fsp3) is 0.625. The van der Waals surface area contributed by atoms with E-state index in [4.69, 9.17) is 0 Å². The van der Waals surface area contributed by atoms with Crippen molar-refractivity contribution in [2.75, 3.05) is 11.4 Å². The molecule has 2 aliphatic heterocycles. The van der Waals surface area contributed by atoms with Gasteiger partial charge in [0, 0.05) is 24.7 Å². The molecule has 4 rings (SSSR count). The van der Waals surface area contributed by atoms with Gasteiger partial charge >= 0.3 is 0 Å². The summed E-state index contributed by atoms with van der Waals surface area (Å²) in [5, 5.41) is 7.09. The highest BCUT2D eigenvalue weighted by molar-refractivity contribution is 7.16. The second-order valence-corrected chi connectivity index (χ2v) is 7.19. The Balaban J connectivity index is 1.69. The van der Waals surface area contributed by atoms with Crippen molar-refractivity contribution in [1.29, 1.82) is 0 Å². The molecule has 2 aromatic rings. The number of fused-ring (bicyclic) bond motifs is 3. The number of thiophene rings is 1. The fourth-order valence-corrected chi connectivity index (χ4v) is 4.72. The normalized spacial score (nSPS) is 28.1. The zero-order valence-electron chi connectivity index (χ0n) is 12.5. The number of anilines is 1. The first-order valence-corrected chi connectivity index (χ1v) is 8.94. The summed E-state index contributed by atoms with van der Waals surface area (Å²) in [5.74, 6) is 1.15. The minimum atomic E-state index is 0.627. The average Bonchev–Trinajstić information content (AvgIpc) is 3.11. The number of hydrogen-bond donors (Lipinski definition) is 1. The van der Waals surface area contributed by atoms with Gasteiger partial charge in [0.15, 0.2) is 0 Å². The van der Waals surface area contributed by atoms with Crippen LogP contribution in [-0.4, -0.2) is 34.6 Å². The number of piperidine rings is 1. The predicted octanol–water partition coefficient (Wildman–Crippen LogP) is 3.19. The zero-order valence-corrected chi connectivity index (χ0v) is 13.3. The maximum Gasteiger partial charge on any atom is 0.141 e. The summed E-state index contributed by atoms with van der Waals surface area (Å²) in [7, 11) is 0. The lowest BCUT2D eigenvalue weighted by Crippen LogP contribution is -2.49. The van der Waals surface area contributed by atoms with Crippen LogP contribution in [0.15, 0.2) is 17.8 Å². The monoisotopic (exact) mass is 302 g/mol. The molecule has 4 heterocycles. The Labute approximate surface area is 129 Å². The molecule has 2 aromatic heterocycles. The van der Waals surface area contributed by atoms with Gasteiger partial charge in [-0.3, -0.25) is 0 Å². The molecule has 1 N–H and O–H groups in total. The maximum atomic E-state index is 4.64. The predicted molar refractivity (Wildman–Crippen MR) is 88.0 cm³/mol. The van der Waals surface area contributed by atoms with Crippen molar-refractivity contribution in [2.24, 2.45) is 0 Å². The van der Waals surface area contributed by atoms with E-state index in [1.165, 1.54) is 31.1 Å². The third-order valence-electron chi connectivity index (χ3n) is 4.87. The quantitative estimate of drug-likeness (QED) is 0.941. The van der Waals surface area contributed by atoms with Gasteiger partial charge in [-0.1, -0.05) is 6.92 Å². The van der Waals surface area contributed by atoms with Crippen LogP contribution in [-0.2, 0) is 0 Å². The molecule has 2 atom stereocenters. The Morgan fingerprint density at radius 3 is 2.86 bits per heavy atom. The molecule has 5 heteroatoms. The Hall–Kier alpha value is -1.20. The Morgan fingerprint density at radius 2 is 2.10 bits per heavy atom. The number of nitrogens with zero attached hydrogens (tertiary/aromatic N) is 3. The lowest BCUT2D eigenvalue weighted by atomic mass is 9.97. The maximum absolute atomic E-state index is 4.64. The summed E-state index contributed by atoms with van der Waals surface area (Å²) in [6.45, 7) is 3.35. The van der Waals surface area contributed by atoms with Gasteiger partial charge in [-0.15, -0.1) is 11.3 Å². The van der Waals surface area contributed by atoms with Crippen molar-refractivity contribution >= 4 is 27.4 Å². The number of rotatable bonds is 4. The van der Waals surface area contributed by atoms with E-state index in [-0.39, 0.29) is 0 Å². The van der Waals surface area contributed by atoms with Gasteiger partial charge < -0.3 is 10.2 Å². The van der Waals surface area contributed by atoms with Crippen LogP contribution in [0.3, 0.4) is 0 Å². The van der Waals surface area contributed by atoms with Crippen LogP contribution in [0.1, 0.15) is 39.0 Å². The van der Waals surface area contributed by atoms with Gasteiger partial charge in [0.1, 0.15) is 17.0 Å². The smallest absolute Gasteiger partial charge is 0.141 e. The van der Waals surface area contributed by atoms with E-state index >= 15 is 0 Å². The fourth-order valence-electron chi connectivity index (χ4n) is 3.99. The van der Waals surface area contributed by atoms with Gasteiger partial charge in [0.05, 0.1) is 5.39 Å². The lowest BCUT2D eigenvalue weighted by Gasteiger charge is -2.38. The zero-order chi connectivity index (χ0) is 14.2. The summed E-state index contributed by atoms with van der Waals surface area (Å²) >= 11 is 1.71. The molecular formula is C16H22N4S. The summed E-state index contributed by atoms with van der Waals surface area (Å²) in [5.41, 5.74) is 0. The van der Waals surface area contributed by atoms with Crippen LogP contribution >= 0.6 is 11.3 Å². The summed E-state index contributed by atoms with van der Waals surface area (Å²) in [6.07, 6.45) is 8.09. The summed E-state index contributed by atoms with van der Waals surface area (Å²) in [4.78, 5) is 12.7. The molecule has 2 bridgehead atoms. The largest absolute Gasteiger partial charge is 0.353 e. The third-order valence-corrected chi connectivity index (χ3v) is 5.69. The van der Waals surface area contributed by atoms with Gasteiger partial charge in [-0.05, 0) is 43.6 Å². The molecule has 2 saturated heterocycles. The van der Waals surface area contributed by atoms with Gasteiger partial charge in [0.25, 0.3) is 0 Å². The molecule has 2 aliphatic rings. The molecular weight excluding hydrogens is 280 g/mol. The van der Waals surface area contributed by atoms with E-state index in [2.05, 4.69) is 38.6 Å². The summed E-state index contributed by atoms with van der Waals surface area (Å²) in [6, 6.07) is 4.23. The summed E-state index contributed by atoms with van der Waals surface area (Å²) < 4.78 is 0. The molecule has 0 spiro atoms. The Bertz CT molecular complexity index is 614. The Kier molecular flexibility index (Phi) is 3.55. The second-order valence-electron chi connectivity index (χ2n) is 6.29. The second kappa shape index (κ2) is 5.54. The van der Waals surface area contributed by atoms with Gasteiger partial charge in [-0.25, -0.2) is 9.97 Å².